The molecule has 15 heavy (non-hydrogen) atoms. The van der Waals surface area contributed by atoms with Gasteiger partial charge in [-0.25, -0.2) is 4.79 Å². The predicted molar refractivity (Wildman–Crippen MR) is 59.8 cm³/mol. The number of carbonyl (C=O) groups is 2. The summed E-state index contributed by atoms with van der Waals surface area (Å²) >= 11 is 2.91. The van der Waals surface area contributed by atoms with E-state index in [0.717, 1.165) is 5.56 Å². The fourth-order valence-electron chi connectivity index (χ4n) is 1.07. The average molecular weight is 271 g/mol. The normalized spacial score (nSPS) is 11.9. The molecule has 1 rings (SSSR count). The van der Waals surface area contributed by atoms with Gasteiger partial charge < -0.3 is 4.74 Å². The molecule has 0 N–H and O–H groups in total. The van der Waals surface area contributed by atoms with Gasteiger partial charge in [0.1, 0.15) is 6.10 Å². The van der Waals surface area contributed by atoms with Crippen LogP contribution in [0, 0.1) is 0 Å². The number of esters is 1. The lowest BCUT2D eigenvalue weighted by atomic mass is 10.1. The highest BCUT2D eigenvalue weighted by Gasteiger charge is 2.17. The van der Waals surface area contributed by atoms with E-state index in [-0.39, 0.29) is 5.33 Å². The summed E-state index contributed by atoms with van der Waals surface area (Å²) in [5.74, 6) is -1.37. The number of carbonyl (C=O) groups excluding carboxylic acids is 2. The molecule has 0 aromatic heterocycles. The van der Waals surface area contributed by atoms with Gasteiger partial charge in [0.2, 0.25) is 0 Å². The van der Waals surface area contributed by atoms with E-state index in [1.165, 1.54) is 0 Å². The van der Waals surface area contributed by atoms with E-state index in [9.17, 15) is 9.59 Å². The summed E-state index contributed by atoms with van der Waals surface area (Å²) in [6.07, 6.45) is -0.401. The van der Waals surface area contributed by atoms with E-state index >= 15 is 0 Å². The molecule has 0 heterocycles. The molecule has 0 spiro atoms. The van der Waals surface area contributed by atoms with Crippen LogP contribution in [0.5, 0.6) is 0 Å². The second kappa shape index (κ2) is 5.66. The molecule has 0 fully saturated rings. The van der Waals surface area contributed by atoms with Gasteiger partial charge in [0.15, 0.2) is 0 Å². The van der Waals surface area contributed by atoms with Gasteiger partial charge in [-0.15, -0.1) is 0 Å². The Bertz CT molecular complexity index is 348. The van der Waals surface area contributed by atoms with Crippen molar-refractivity contribution in [1.82, 2.24) is 0 Å². The smallest absolute Gasteiger partial charge is 0.376 e. The molecular weight excluding hydrogens is 260 g/mol. The van der Waals surface area contributed by atoms with Crippen LogP contribution in [0.2, 0.25) is 0 Å². The topological polar surface area (TPSA) is 43.4 Å². The number of hydrogen-bond donors (Lipinski definition) is 0. The first kappa shape index (κ1) is 11.9. The maximum atomic E-state index is 11.2. The summed E-state index contributed by atoms with van der Waals surface area (Å²) in [6.45, 7) is 1.73. The van der Waals surface area contributed by atoms with E-state index in [2.05, 4.69) is 15.9 Å². The molecule has 1 unspecified atom stereocenters. The molecule has 0 saturated carbocycles. The number of ether oxygens (including phenoxy) is 1. The molecular formula is C11H11BrO3. The lowest BCUT2D eigenvalue weighted by Gasteiger charge is -2.12. The van der Waals surface area contributed by atoms with Gasteiger partial charge in [-0.3, -0.25) is 4.79 Å². The first-order valence-corrected chi connectivity index (χ1v) is 5.62. The van der Waals surface area contributed by atoms with Crippen molar-refractivity contribution in [2.24, 2.45) is 0 Å². The quantitative estimate of drug-likeness (QED) is 0.479. The number of rotatable bonds is 4. The van der Waals surface area contributed by atoms with Crippen LogP contribution in [0.15, 0.2) is 30.3 Å². The third kappa shape index (κ3) is 3.47. The molecule has 1 aromatic carbocycles. The van der Waals surface area contributed by atoms with Gasteiger partial charge in [-0.05, 0) is 12.5 Å². The monoisotopic (exact) mass is 270 g/mol. The molecule has 3 nitrogen and oxygen atoms in total. The van der Waals surface area contributed by atoms with E-state index in [1.54, 1.807) is 6.92 Å². The highest BCUT2D eigenvalue weighted by molar-refractivity contribution is 9.09. The zero-order valence-electron chi connectivity index (χ0n) is 8.27. The number of halogens is 1. The van der Waals surface area contributed by atoms with Crippen LogP contribution in [0.25, 0.3) is 0 Å². The Hall–Kier alpha value is -1.16. The van der Waals surface area contributed by atoms with Crippen molar-refractivity contribution in [3.63, 3.8) is 0 Å². The Morgan fingerprint density at radius 3 is 2.47 bits per heavy atom. The largest absolute Gasteiger partial charge is 0.452 e. The zero-order valence-corrected chi connectivity index (χ0v) is 9.86. The minimum Gasteiger partial charge on any atom is -0.452 e. The zero-order chi connectivity index (χ0) is 11.3. The van der Waals surface area contributed by atoms with Crippen molar-refractivity contribution in [3.05, 3.63) is 35.9 Å². The van der Waals surface area contributed by atoms with Gasteiger partial charge in [0.05, 0.1) is 5.33 Å². The molecule has 1 aromatic rings. The minimum absolute atomic E-state index is 0.00660. The predicted octanol–water partition coefficient (Wildman–Crippen LogP) is 2.25. The maximum absolute atomic E-state index is 11.2. The number of benzene rings is 1. The van der Waals surface area contributed by atoms with Gasteiger partial charge in [-0.2, -0.15) is 0 Å². The Morgan fingerprint density at radius 2 is 1.93 bits per heavy atom. The summed E-state index contributed by atoms with van der Waals surface area (Å²) in [4.78, 5) is 22.1. The number of Topliss-reactive ketones (excluding diaryl/α,β-unsaturated/α-hetero) is 1. The van der Waals surface area contributed by atoms with Crippen LogP contribution in [0.4, 0.5) is 0 Å². The minimum atomic E-state index is -0.803. The molecule has 0 amide bonds. The van der Waals surface area contributed by atoms with Gasteiger partial charge >= 0.3 is 5.97 Å². The Balaban J connectivity index is 2.60. The Labute approximate surface area is 96.6 Å². The SMILES string of the molecule is CC(OC(=O)C(=O)CBr)c1ccccc1. The molecule has 0 bridgehead atoms. The summed E-state index contributed by atoms with van der Waals surface area (Å²) in [5, 5.41) is -0.00660. The van der Waals surface area contributed by atoms with Gasteiger partial charge in [0, 0.05) is 0 Å². The van der Waals surface area contributed by atoms with E-state index < -0.39 is 17.9 Å². The van der Waals surface area contributed by atoms with Gasteiger partial charge in [-0.1, -0.05) is 46.3 Å². The van der Waals surface area contributed by atoms with Crippen LogP contribution < -0.4 is 0 Å². The third-order valence-electron chi connectivity index (χ3n) is 1.90. The standard InChI is InChI=1S/C11H11BrO3/c1-8(9-5-3-2-4-6-9)15-11(14)10(13)7-12/h2-6,8H,7H2,1H3. The summed E-state index contributed by atoms with van der Waals surface area (Å²) in [6, 6.07) is 9.27. The molecule has 4 heteroatoms. The van der Waals surface area contributed by atoms with Crippen molar-refractivity contribution in [2.45, 2.75) is 13.0 Å². The lowest BCUT2D eigenvalue weighted by Crippen LogP contribution is -2.20. The van der Waals surface area contributed by atoms with Crippen molar-refractivity contribution in [3.8, 4) is 0 Å². The summed E-state index contributed by atoms with van der Waals surface area (Å²) in [5.41, 5.74) is 0.869. The first-order valence-electron chi connectivity index (χ1n) is 4.50. The summed E-state index contributed by atoms with van der Waals surface area (Å²) < 4.78 is 4.97. The van der Waals surface area contributed by atoms with Crippen LogP contribution in [-0.2, 0) is 14.3 Å². The molecule has 0 radical (unpaired) electrons. The molecule has 0 aliphatic rings. The van der Waals surface area contributed by atoms with Crippen LogP contribution in [-0.4, -0.2) is 17.1 Å². The van der Waals surface area contributed by atoms with Crippen LogP contribution >= 0.6 is 15.9 Å². The number of ketones is 1. The highest BCUT2D eigenvalue weighted by Crippen LogP contribution is 2.16. The molecule has 1 atom stereocenters. The van der Waals surface area contributed by atoms with Crippen molar-refractivity contribution >= 4 is 27.7 Å². The average Bonchev–Trinajstić information content (AvgIpc) is 2.29. The summed E-state index contributed by atoms with van der Waals surface area (Å²) in [7, 11) is 0. The lowest BCUT2D eigenvalue weighted by molar-refractivity contribution is -0.156. The fourth-order valence-corrected chi connectivity index (χ4v) is 1.30. The van der Waals surface area contributed by atoms with Crippen LogP contribution in [0.3, 0.4) is 0 Å². The van der Waals surface area contributed by atoms with Crippen LogP contribution in [0.1, 0.15) is 18.6 Å². The highest BCUT2D eigenvalue weighted by atomic mass is 79.9. The Kier molecular flexibility index (Phi) is 4.49. The van der Waals surface area contributed by atoms with Crippen molar-refractivity contribution < 1.29 is 14.3 Å². The first-order chi connectivity index (χ1) is 7.15. The molecule has 0 aliphatic heterocycles. The van der Waals surface area contributed by atoms with E-state index in [4.69, 9.17) is 4.74 Å². The third-order valence-corrected chi connectivity index (χ3v) is 2.41. The number of hydrogen-bond acceptors (Lipinski definition) is 3. The molecule has 0 saturated heterocycles. The fraction of sp³-hybridized carbons (Fsp3) is 0.273. The van der Waals surface area contributed by atoms with Gasteiger partial charge in [0.25, 0.3) is 5.78 Å². The van der Waals surface area contributed by atoms with E-state index in [1.807, 2.05) is 30.3 Å². The maximum Gasteiger partial charge on any atom is 0.376 e. The molecule has 0 aliphatic carbocycles. The van der Waals surface area contributed by atoms with E-state index in [0.29, 0.717) is 0 Å². The molecule has 80 valence electrons. The second-order valence-electron chi connectivity index (χ2n) is 3.02. The van der Waals surface area contributed by atoms with Crippen molar-refractivity contribution in [1.29, 1.82) is 0 Å². The van der Waals surface area contributed by atoms with Crippen molar-refractivity contribution in [2.75, 3.05) is 5.33 Å². The second-order valence-corrected chi connectivity index (χ2v) is 3.58. The number of alkyl halides is 1. The Morgan fingerprint density at radius 1 is 1.33 bits per heavy atom.